The number of carbonyl (C=O) groups is 1. The van der Waals surface area contributed by atoms with Crippen molar-refractivity contribution in [3.63, 3.8) is 0 Å². The molecule has 3 atom stereocenters. The van der Waals surface area contributed by atoms with Crippen molar-refractivity contribution >= 4 is 17.7 Å². The molecular weight excluding hydrogens is 232 g/mol. The second kappa shape index (κ2) is 6.10. The maximum absolute atomic E-state index is 12.5. The van der Waals surface area contributed by atoms with Gasteiger partial charge in [-0.2, -0.15) is 11.8 Å². The Morgan fingerprint density at radius 3 is 2.88 bits per heavy atom. The Hall–Kier alpha value is -0.220. The number of thioether (sulfide) groups is 1. The maximum atomic E-state index is 12.5. The number of amides is 1. The van der Waals surface area contributed by atoms with E-state index in [1.807, 2.05) is 11.8 Å². The summed E-state index contributed by atoms with van der Waals surface area (Å²) < 4.78 is 0. The van der Waals surface area contributed by atoms with Crippen molar-refractivity contribution in [3.8, 4) is 0 Å². The fourth-order valence-electron chi connectivity index (χ4n) is 3.07. The van der Waals surface area contributed by atoms with E-state index >= 15 is 0 Å². The van der Waals surface area contributed by atoms with Crippen LogP contribution in [-0.4, -0.2) is 41.4 Å². The zero-order chi connectivity index (χ0) is 12.3. The summed E-state index contributed by atoms with van der Waals surface area (Å²) in [4.78, 5) is 14.6. The summed E-state index contributed by atoms with van der Waals surface area (Å²) >= 11 is 1.97. The third-order valence-corrected chi connectivity index (χ3v) is 5.22. The Kier molecular flexibility index (Phi) is 4.74. The molecule has 98 valence electrons. The molecule has 17 heavy (non-hydrogen) atoms. The Balaban J connectivity index is 1.97. The van der Waals surface area contributed by atoms with Gasteiger partial charge in [-0.25, -0.2) is 0 Å². The van der Waals surface area contributed by atoms with E-state index in [-0.39, 0.29) is 5.92 Å². The van der Waals surface area contributed by atoms with Crippen LogP contribution in [0.25, 0.3) is 0 Å². The van der Waals surface area contributed by atoms with E-state index in [2.05, 4.69) is 11.8 Å². The first-order valence-corrected chi connectivity index (χ1v) is 7.87. The fourth-order valence-corrected chi connectivity index (χ4v) is 4.08. The van der Waals surface area contributed by atoms with Crippen molar-refractivity contribution in [2.45, 2.75) is 37.9 Å². The number of carbonyl (C=O) groups excluding carboxylic acids is 1. The highest BCUT2D eigenvalue weighted by atomic mass is 32.2. The average Bonchev–Trinajstić information content (AvgIpc) is 2.38. The van der Waals surface area contributed by atoms with E-state index in [1.165, 1.54) is 12.8 Å². The summed E-state index contributed by atoms with van der Waals surface area (Å²) in [5, 5.41) is 0.590. The van der Waals surface area contributed by atoms with Crippen LogP contribution in [0.5, 0.6) is 0 Å². The van der Waals surface area contributed by atoms with Gasteiger partial charge in [0.05, 0.1) is 0 Å². The molecule has 2 aliphatic rings. The summed E-state index contributed by atoms with van der Waals surface area (Å²) in [6, 6.07) is 0. The molecule has 1 amide bonds. The molecule has 4 heteroatoms. The van der Waals surface area contributed by atoms with E-state index in [4.69, 9.17) is 5.73 Å². The normalized spacial score (nSPS) is 34.7. The van der Waals surface area contributed by atoms with Gasteiger partial charge in [0.1, 0.15) is 0 Å². The molecule has 2 fully saturated rings. The first kappa shape index (κ1) is 13.2. The van der Waals surface area contributed by atoms with Crippen LogP contribution in [0, 0.1) is 11.8 Å². The minimum Gasteiger partial charge on any atom is -0.341 e. The fraction of sp³-hybridized carbons (Fsp3) is 0.923. The molecule has 0 radical (unpaired) electrons. The van der Waals surface area contributed by atoms with Gasteiger partial charge in [-0.05, 0) is 25.3 Å². The average molecular weight is 256 g/mol. The molecule has 3 unspecified atom stereocenters. The van der Waals surface area contributed by atoms with Gasteiger partial charge < -0.3 is 10.6 Å². The monoisotopic (exact) mass is 256 g/mol. The molecule has 2 N–H and O–H groups in total. The lowest BCUT2D eigenvalue weighted by Gasteiger charge is -2.37. The second-order valence-electron chi connectivity index (χ2n) is 5.35. The number of hydrogen-bond acceptors (Lipinski definition) is 3. The van der Waals surface area contributed by atoms with E-state index in [1.54, 1.807) is 0 Å². The van der Waals surface area contributed by atoms with Crippen molar-refractivity contribution < 1.29 is 4.79 Å². The molecule has 1 heterocycles. The van der Waals surface area contributed by atoms with Crippen LogP contribution in [-0.2, 0) is 4.79 Å². The first-order chi connectivity index (χ1) is 8.22. The number of rotatable bonds is 2. The predicted octanol–water partition coefficient (Wildman–Crippen LogP) is 1.72. The van der Waals surface area contributed by atoms with Crippen molar-refractivity contribution in [1.82, 2.24) is 4.90 Å². The van der Waals surface area contributed by atoms with Crippen LogP contribution in [0.15, 0.2) is 0 Å². The highest BCUT2D eigenvalue weighted by molar-refractivity contribution is 7.99. The van der Waals surface area contributed by atoms with Crippen molar-refractivity contribution in [2.75, 3.05) is 25.4 Å². The minimum atomic E-state index is 0.212. The summed E-state index contributed by atoms with van der Waals surface area (Å²) in [5.41, 5.74) is 5.81. The van der Waals surface area contributed by atoms with Gasteiger partial charge in [0.25, 0.3) is 0 Å². The Labute approximate surface area is 108 Å². The lowest BCUT2D eigenvalue weighted by Crippen LogP contribution is -2.47. The molecule has 1 saturated carbocycles. The molecular formula is C13H24N2OS. The van der Waals surface area contributed by atoms with E-state index in [0.717, 1.165) is 31.7 Å². The molecule has 0 bridgehead atoms. The molecule has 3 nitrogen and oxygen atoms in total. The summed E-state index contributed by atoms with van der Waals surface area (Å²) in [6.07, 6.45) is 4.65. The highest BCUT2D eigenvalue weighted by Crippen LogP contribution is 2.32. The molecule has 1 saturated heterocycles. The van der Waals surface area contributed by atoms with Crippen LogP contribution in [0.4, 0.5) is 0 Å². The quantitative estimate of drug-likeness (QED) is 0.818. The van der Waals surface area contributed by atoms with Crippen LogP contribution < -0.4 is 5.73 Å². The number of nitrogens with two attached hydrogens (primary N) is 1. The van der Waals surface area contributed by atoms with E-state index in [0.29, 0.717) is 23.6 Å². The maximum Gasteiger partial charge on any atom is 0.226 e. The van der Waals surface area contributed by atoms with Gasteiger partial charge in [-0.3, -0.25) is 4.79 Å². The molecule has 1 aliphatic carbocycles. The summed E-state index contributed by atoms with van der Waals surface area (Å²) in [6.45, 7) is 4.75. The minimum absolute atomic E-state index is 0.212. The molecule has 2 rings (SSSR count). The smallest absolute Gasteiger partial charge is 0.226 e. The lowest BCUT2D eigenvalue weighted by molar-refractivity contribution is -0.138. The molecule has 1 aliphatic heterocycles. The third kappa shape index (κ3) is 3.16. The van der Waals surface area contributed by atoms with Gasteiger partial charge in [-0.15, -0.1) is 0 Å². The SMILES string of the molecule is CC1CN(C(=O)C2CCCCC2CN)CCS1. The lowest BCUT2D eigenvalue weighted by atomic mass is 9.78. The summed E-state index contributed by atoms with van der Waals surface area (Å²) in [7, 11) is 0. The Morgan fingerprint density at radius 1 is 1.41 bits per heavy atom. The van der Waals surface area contributed by atoms with Crippen LogP contribution in [0.1, 0.15) is 32.6 Å². The standard InChI is InChI=1S/C13H24N2OS/c1-10-9-15(6-7-17-10)13(16)12-5-3-2-4-11(12)8-14/h10-12H,2-9,14H2,1H3. The topological polar surface area (TPSA) is 46.3 Å². The van der Waals surface area contributed by atoms with Crippen molar-refractivity contribution in [2.24, 2.45) is 17.6 Å². The highest BCUT2D eigenvalue weighted by Gasteiger charge is 2.34. The van der Waals surface area contributed by atoms with E-state index in [9.17, 15) is 4.79 Å². The summed E-state index contributed by atoms with van der Waals surface area (Å²) in [5.74, 6) is 2.12. The Morgan fingerprint density at radius 2 is 2.18 bits per heavy atom. The number of hydrogen-bond donors (Lipinski definition) is 1. The van der Waals surface area contributed by atoms with Crippen molar-refractivity contribution in [1.29, 1.82) is 0 Å². The van der Waals surface area contributed by atoms with Crippen molar-refractivity contribution in [3.05, 3.63) is 0 Å². The van der Waals surface area contributed by atoms with Crippen LogP contribution in [0.3, 0.4) is 0 Å². The van der Waals surface area contributed by atoms with Gasteiger partial charge in [0.15, 0.2) is 0 Å². The molecule has 0 aromatic heterocycles. The number of nitrogens with zero attached hydrogens (tertiary/aromatic N) is 1. The zero-order valence-electron chi connectivity index (χ0n) is 10.7. The Bertz CT molecular complexity index is 272. The van der Waals surface area contributed by atoms with Gasteiger partial charge >= 0.3 is 0 Å². The second-order valence-corrected chi connectivity index (χ2v) is 6.90. The zero-order valence-corrected chi connectivity index (χ0v) is 11.5. The third-order valence-electron chi connectivity index (χ3n) is 4.08. The van der Waals surface area contributed by atoms with Gasteiger partial charge in [-0.1, -0.05) is 19.8 Å². The molecule has 0 spiro atoms. The van der Waals surface area contributed by atoms with Crippen LogP contribution >= 0.6 is 11.8 Å². The van der Waals surface area contributed by atoms with Gasteiger partial charge in [0, 0.05) is 30.0 Å². The molecule has 0 aromatic rings. The van der Waals surface area contributed by atoms with E-state index < -0.39 is 0 Å². The first-order valence-electron chi connectivity index (χ1n) is 6.83. The largest absolute Gasteiger partial charge is 0.341 e. The van der Waals surface area contributed by atoms with Gasteiger partial charge in [0.2, 0.25) is 5.91 Å². The van der Waals surface area contributed by atoms with Crippen LogP contribution in [0.2, 0.25) is 0 Å². The molecule has 0 aromatic carbocycles. The predicted molar refractivity (Wildman–Crippen MR) is 73.0 cm³/mol.